The average Bonchev–Trinajstić information content (AvgIpc) is 2.18. The zero-order valence-corrected chi connectivity index (χ0v) is 7.23. The van der Waals surface area contributed by atoms with Gasteiger partial charge in [0.2, 0.25) is 6.29 Å². The van der Waals surface area contributed by atoms with E-state index in [4.69, 9.17) is 0 Å². The summed E-state index contributed by atoms with van der Waals surface area (Å²) in [6.07, 6.45) is 3.18. The molecule has 0 aliphatic heterocycles. The van der Waals surface area contributed by atoms with Crippen molar-refractivity contribution in [1.29, 1.82) is 0 Å². The molecule has 13 heavy (non-hydrogen) atoms. The van der Waals surface area contributed by atoms with Crippen LogP contribution < -0.4 is 0 Å². The Hall–Kier alpha value is -1.71. The molecular formula is C9H9N2O2. The van der Waals surface area contributed by atoms with Crippen molar-refractivity contribution < 1.29 is 9.59 Å². The van der Waals surface area contributed by atoms with Crippen LogP contribution in [0.15, 0.2) is 24.4 Å². The SMILES string of the molecule is CN(C[C]=O)C(=O)c1ccccn1. The summed E-state index contributed by atoms with van der Waals surface area (Å²) in [4.78, 5) is 26.6. The molecule has 1 aromatic heterocycles. The molecule has 0 unspecified atom stereocenters. The van der Waals surface area contributed by atoms with Gasteiger partial charge in [0.15, 0.2) is 0 Å². The van der Waals surface area contributed by atoms with E-state index in [0.29, 0.717) is 5.69 Å². The summed E-state index contributed by atoms with van der Waals surface area (Å²) in [6.45, 7) is -0.0323. The lowest BCUT2D eigenvalue weighted by Gasteiger charge is -2.11. The van der Waals surface area contributed by atoms with Crippen molar-refractivity contribution in [2.45, 2.75) is 0 Å². The lowest BCUT2D eigenvalue weighted by Crippen LogP contribution is -2.28. The Balaban J connectivity index is 2.73. The number of carbonyl (C=O) groups excluding carboxylic acids is 2. The summed E-state index contributed by atoms with van der Waals surface area (Å²) in [5, 5.41) is 0. The van der Waals surface area contributed by atoms with Gasteiger partial charge in [0, 0.05) is 13.2 Å². The number of amides is 1. The molecular weight excluding hydrogens is 168 g/mol. The number of rotatable bonds is 3. The average molecular weight is 177 g/mol. The molecule has 1 radical (unpaired) electrons. The topological polar surface area (TPSA) is 50.3 Å². The monoisotopic (exact) mass is 177 g/mol. The maximum Gasteiger partial charge on any atom is 0.272 e. The van der Waals surface area contributed by atoms with Gasteiger partial charge in [0.1, 0.15) is 5.69 Å². The first-order valence-electron chi connectivity index (χ1n) is 3.77. The van der Waals surface area contributed by atoms with E-state index in [0.717, 1.165) is 0 Å². The van der Waals surface area contributed by atoms with Crippen molar-refractivity contribution in [3.63, 3.8) is 0 Å². The molecule has 0 aliphatic carbocycles. The van der Waals surface area contributed by atoms with Gasteiger partial charge >= 0.3 is 0 Å². The number of hydrogen-bond acceptors (Lipinski definition) is 3. The highest BCUT2D eigenvalue weighted by molar-refractivity contribution is 5.93. The van der Waals surface area contributed by atoms with Crippen molar-refractivity contribution >= 4 is 12.2 Å². The highest BCUT2D eigenvalue weighted by Crippen LogP contribution is 1.97. The van der Waals surface area contributed by atoms with Crippen molar-refractivity contribution in [3.8, 4) is 0 Å². The molecule has 0 saturated heterocycles. The molecule has 0 aromatic carbocycles. The normalized spacial score (nSPS) is 9.31. The number of carbonyl (C=O) groups is 1. The first kappa shape index (κ1) is 9.38. The molecule has 0 spiro atoms. The van der Waals surface area contributed by atoms with Crippen molar-refractivity contribution in [1.82, 2.24) is 9.88 Å². The van der Waals surface area contributed by atoms with Crippen LogP contribution >= 0.6 is 0 Å². The van der Waals surface area contributed by atoms with Gasteiger partial charge in [-0.25, -0.2) is 0 Å². The van der Waals surface area contributed by atoms with E-state index >= 15 is 0 Å². The van der Waals surface area contributed by atoms with E-state index in [-0.39, 0.29) is 12.5 Å². The quantitative estimate of drug-likeness (QED) is 0.665. The van der Waals surface area contributed by atoms with Gasteiger partial charge in [0.25, 0.3) is 5.91 Å². The van der Waals surface area contributed by atoms with E-state index in [9.17, 15) is 9.59 Å². The molecule has 1 rings (SSSR count). The summed E-state index contributed by atoms with van der Waals surface area (Å²) in [5.74, 6) is -0.274. The zero-order chi connectivity index (χ0) is 9.68. The molecule has 0 bridgehead atoms. The Kier molecular flexibility index (Phi) is 3.14. The van der Waals surface area contributed by atoms with Crippen LogP contribution in [0.2, 0.25) is 0 Å². The fourth-order valence-electron chi connectivity index (χ4n) is 0.853. The Morgan fingerprint density at radius 3 is 2.92 bits per heavy atom. The summed E-state index contributed by atoms with van der Waals surface area (Å²) in [7, 11) is 1.53. The number of aromatic nitrogens is 1. The second kappa shape index (κ2) is 4.35. The van der Waals surface area contributed by atoms with Crippen LogP contribution in [0.25, 0.3) is 0 Å². The first-order chi connectivity index (χ1) is 6.25. The molecule has 1 heterocycles. The third-order valence-electron chi connectivity index (χ3n) is 1.53. The molecule has 67 valence electrons. The minimum Gasteiger partial charge on any atom is -0.333 e. The van der Waals surface area contributed by atoms with Gasteiger partial charge in [0.05, 0.1) is 6.54 Å². The third kappa shape index (κ3) is 2.37. The van der Waals surface area contributed by atoms with Gasteiger partial charge in [-0.1, -0.05) is 6.07 Å². The maximum atomic E-state index is 11.4. The number of pyridine rings is 1. The standard InChI is InChI=1S/C9H9N2O2/c1-11(6-7-12)9(13)8-4-2-3-5-10-8/h2-5H,6H2,1H3. The summed E-state index contributed by atoms with van der Waals surface area (Å²) in [5.41, 5.74) is 0.334. The smallest absolute Gasteiger partial charge is 0.272 e. The third-order valence-corrected chi connectivity index (χ3v) is 1.53. The molecule has 0 aliphatic rings. The maximum absolute atomic E-state index is 11.4. The zero-order valence-electron chi connectivity index (χ0n) is 7.23. The van der Waals surface area contributed by atoms with Gasteiger partial charge in [-0.3, -0.25) is 14.6 Å². The van der Waals surface area contributed by atoms with E-state index < -0.39 is 0 Å². The van der Waals surface area contributed by atoms with Crippen LogP contribution in [-0.4, -0.2) is 35.7 Å². The Morgan fingerprint density at radius 1 is 1.62 bits per heavy atom. The molecule has 0 fully saturated rings. The predicted octanol–water partition coefficient (Wildman–Crippen LogP) is 0.263. The van der Waals surface area contributed by atoms with Gasteiger partial charge in [-0.2, -0.15) is 0 Å². The Labute approximate surface area is 76.2 Å². The summed E-state index contributed by atoms with van der Waals surface area (Å²) in [6, 6.07) is 5.05. The highest BCUT2D eigenvalue weighted by Gasteiger charge is 2.11. The minimum atomic E-state index is -0.274. The molecule has 1 aromatic rings. The van der Waals surface area contributed by atoms with E-state index in [1.807, 2.05) is 0 Å². The van der Waals surface area contributed by atoms with E-state index in [1.165, 1.54) is 18.1 Å². The van der Waals surface area contributed by atoms with E-state index in [1.54, 1.807) is 24.5 Å². The predicted molar refractivity (Wildman–Crippen MR) is 46.9 cm³/mol. The Morgan fingerprint density at radius 2 is 2.38 bits per heavy atom. The minimum absolute atomic E-state index is 0.0323. The molecule has 0 N–H and O–H groups in total. The molecule has 4 nitrogen and oxygen atoms in total. The highest BCUT2D eigenvalue weighted by atomic mass is 16.2. The molecule has 0 atom stereocenters. The van der Waals surface area contributed by atoms with Crippen LogP contribution in [0.1, 0.15) is 10.5 Å². The summed E-state index contributed by atoms with van der Waals surface area (Å²) >= 11 is 0. The second-order valence-corrected chi connectivity index (χ2v) is 2.52. The first-order valence-corrected chi connectivity index (χ1v) is 3.77. The van der Waals surface area contributed by atoms with Crippen LogP contribution in [-0.2, 0) is 4.79 Å². The second-order valence-electron chi connectivity index (χ2n) is 2.52. The van der Waals surface area contributed by atoms with Gasteiger partial charge in [-0.05, 0) is 12.1 Å². The summed E-state index contributed by atoms with van der Waals surface area (Å²) < 4.78 is 0. The van der Waals surface area contributed by atoms with Gasteiger partial charge in [-0.15, -0.1) is 0 Å². The molecule has 0 saturated carbocycles. The molecule has 1 amide bonds. The van der Waals surface area contributed by atoms with E-state index in [2.05, 4.69) is 4.98 Å². The van der Waals surface area contributed by atoms with Crippen LogP contribution in [0.5, 0.6) is 0 Å². The largest absolute Gasteiger partial charge is 0.333 e. The van der Waals surface area contributed by atoms with Gasteiger partial charge < -0.3 is 4.90 Å². The lowest BCUT2D eigenvalue weighted by molar-refractivity contribution is 0.0808. The van der Waals surface area contributed by atoms with Crippen LogP contribution in [0, 0.1) is 0 Å². The number of nitrogens with zero attached hydrogens (tertiary/aromatic N) is 2. The van der Waals surface area contributed by atoms with Crippen molar-refractivity contribution in [3.05, 3.63) is 30.1 Å². The van der Waals surface area contributed by atoms with Crippen molar-refractivity contribution in [2.75, 3.05) is 13.6 Å². The van der Waals surface area contributed by atoms with Crippen molar-refractivity contribution in [2.24, 2.45) is 0 Å². The fraction of sp³-hybridized carbons (Fsp3) is 0.222. The lowest BCUT2D eigenvalue weighted by atomic mass is 10.3. The number of likely N-dealkylation sites (N-methyl/N-ethyl adjacent to an activating group) is 1. The molecule has 4 heteroatoms. The fourth-order valence-corrected chi connectivity index (χ4v) is 0.853. The van der Waals surface area contributed by atoms with Crippen LogP contribution in [0.4, 0.5) is 0 Å². The Bertz CT molecular complexity index is 298. The van der Waals surface area contributed by atoms with Crippen LogP contribution in [0.3, 0.4) is 0 Å². The number of hydrogen-bond donors (Lipinski definition) is 0.